The molecule has 2 amide bonds. The van der Waals surface area contributed by atoms with E-state index in [4.69, 9.17) is 5.11 Å². The van der Waals surface area contributed by atoms with Crippen molar-refractivity contribution in [2.24, 2.45) is 0 Å². The molecule has 3 N–H and O–H groups in total. The second kappa shape index (κ2) is 7.99. The lowest BCUT2D eigenvalue weighted by molar-refractivity contribution is -0.138. The maximum atomic E-state index is 12.9. The van der Waals surface area contributed by atoms with Crippen molar-refractivity contribution in [3.8, 4) is 0 Å². The summed E-state index contributed by atoms with van der Waals surface area (Å²) in [6.07, 6.45) is 8.10. The zero-order valence-electron chi connectivity index (χ0n) is 14.2. The Morgan fingerprint density at radius 3 is 2.52 bits per heavy atom. The van der Waals surface area contributed by atoms with Gasteiger partial charge in [-0.15, -0.1) is 11.3 Å². The fourth-order valence-electron chi connectivity index (χ4n) is 3.65. The molecule has 2 aliphatic rings. The predicted octanol–water partition coefficient (Wildman–Crippen LogP) is 3.10. The average molecular weight is 364 g/mol. The Morgan fingerprint density at radius 1 is 1.04 bits per heavy atom. The van der Waals surface area contributed by atoms with E-state index < -0.39 is 5.97 Å². The van der Waals surface area contributed by atoms with Crippen molar-refractivity contribution < 1.29 is 19.5 Å². The Labute approximate surface area is 151 Å². The largest absolute Gasteiger partial charge is 0.481 e. The van der Waals surface area contributed by atoms with E-state index in [1.807, 2.05) is 0 Å². The minimum absolute atomic E-state index is 0.0818. The molecule has 25 heavy (non-hydrogen) atoms. The van der Waals surface area contributed by atoms with Gasteiger partial charge in [0, 0.05) is 17.3 Å². The molecule has 1 aromatic rings. The van der Waals surface area contributed by atoms with Gasteiger partial charge >= 0.3 is 5.97 Å². The van der Waals surface area contributed by atoms with E-state index in [0.29, 0.717) is 10.6 Å². The molecule has 0 radical (unpaired) electrons. The highest BCUT2D eigenvalue weighted by molar-refractivity contribution is 7.17. The van der Waals surface area contributed by atoms with Crippen molar-refractivity contribution >= 4 is 34.1 Å². The number of hydrogen-bond acceptors (Lipinski definition) is 4. The van der Waals surface area contributed by atoms with Crippen LogP contribution in [0.2, 0.25) is 0 Å². The van der Waals surface area contributed by atoms with Crippen molar-refractivity contribution in [2.45, 2.75) is 70.3 Å². The first-order valence-corrected chi connectivity index (χ1v) is 9.83. The summed E-state index contributed by atoms with van der Waals surface area (Å²) in [5.41, 5.74) is 1.67. The second-order valence-electron chi connectivity index (χ2n) is 6.81. The number of aryl methyl sites for hydroxylation is 1. The number of carboxylic acid groups (broad SMARTS) is 1. The molecule has 0 spiro atoms. The summed E-state index contributed by atoms with van der Waals surface area (Å²) in [6, 6.07) is 0.216. The van der Waals surface area contributed by atoms with Gasteiger partial charge in [-0.2, -0.15) is 0 Å². The molecule has 0 bridgehead atoms. The first kappa shape index (κ1) is 17.9. The van der Waals surface area contributed by atoms with E-state index in [0.717, 1.165) is 50.5 Å². The van der Waals surface area contributed by atoms with Gasteiger partial charge in [-0.25, -0.2) is 0 Å². The maximum absolute atomic E-state index is 12.9. The van der Waals surface area contributed by atoms with Crippen LogP contribution in [0.3, 0.4) is 0 Å². The molecular weight excluding hydrogens is 340 g/mol. The SMILES string of the molecule is O=C(O)CCC(=O)Nc1sc2c(c1C(=O)NC1CCCCC1)CCC2. The first-order chi connectivity index (χ1) is 12.0. The minimum atomic E-state index is -1.00. The average Bonchev–Trinajstić information content (AvgIpc) is 3.14. The molecule has 0 unspecified atom stereocenters. The molecule has 136 valence electrons. The normalized spacial score (nSPS) is 17.1. The van der Waals surface area contributed by atoms with E-state index in [1.165, 1.54) is 22.6 Å². The number of rotatable bonds is 6. The third-order valence-corrected chi connectivity index (χ3v) is 6.11. The predicted molar refractivity (Wildman–Crippen MR) is 96.2 cm³/mol. The van der Waals surface area contributed by atoms with E-state index in [1.54, 1.807) is 0 Å². The van der Waals surface area contributed by atoms with Gasteiger partial charge in [0.2, 0.25) is 5.91 Å². The molecule has 1 saturated carbocycles. The van der Waals surface area contributed by atoms with Gasteiger partial charge in [0.25, 0.3) is 5.91 Å². The summed E-state index contributed by atoms with van der Waals surface area (Å²) in [7, 11) is 0. The monoisotopic (exact) mass is 364 g/mol. The number of aliphatic carboxylic acids is 1. The van der Waals surface area contributed by atoms with Crippen molar-refractivity contribution in [3.05, 3.63) is 16.0 Å². The third-order valence-electron chi connectivity index (χ3n) is 4.91. The van der Waals surface area contributed by atoms with Gasteiger partial charge in [0.05, 0.1) is 12.0 Å². The summed E-state index contributed by atoms with van der Waals surface area (Å²) in [5.74, 6) is -1.45. The Kier molecular flexibility index (Phi) is 5.73. The van der Waals surface area contributed by atoms with Crippen LogP contribution in [0.25, 0.3) is 0 Å². The van der Waals surface area contributed by atoms with Gasteiger partial charge in [0.15, 0.2) is 0 Å². The van der Waals surface area contributed by atoms with Crippen molar-refractivity contribution in [3.63, 3.8) is 0 Å². The van der Waals surface area contributed by atoms with Crippen molar-refractivity contribution in [2.75, 3.05) is 5.32 Å². The number of hydrogen-bond donors (Lipinski definition) is 3. The molecule has 0 aromatic carbocycles. The second-order valence-corrected chi connectivity index (χ2v) is 7.92. The van der Waals surface area contributed by atoms with Crippen LogP contribution in [0, 0.1) is 0 Å². The van der Waals surface area contributed by atoms with Gasteiger partial charge in [-0.1, -0.05) is 19.3 Å². The number of fused-ring (bicyclic) bond motifs is 1. The molecule has 7 heteroatoms. The van der Waals surface area contributed by atoms with Crippen LogP contribution in [0.5, 0.6) is 0 Å². The van der Waals surface area contributed by atoms with Gasteiger partial charge in [-0.05, 0) is 37.7 Å². The highest BCUT2D eigenvalue weighted by atomic mass is 32.1. The third kappa shape index (κ3) is 4.39. The quantitative estimate of drug-likeness (QED) is 0.723. The standard InChI is InChI=1S/C18H24N2O4S/c21-14(9-10-15(22)23)20-18-16(12-7-4-8-13(12)25-18)17(24)19-11-5-2-1-3-6-11/h11H,1-10H2,(H,19,24)(H,20,21)(H,22,23). The lowest BCUT2D eigenvalue weighted by Crippen LogP contribution is -2.36. The molecule has 0 aliphatic heterocycles. The number of amides is 2. The van der Waals surface area contributed by atoms with Gasteiger partial charge < -0.3 is 15.7 Å². The molecule has 0 atom stereocenters. The Hall–Kier alpha value is -1.89. The van der Waals surface area contributed by atoms with Crippen LogP contribution < -0.4 is 10.6 Å². The van der Waals surface area contributed by atoms with Crippen LogP contribution in [0.4, 0.5) is 5.00 Å². The van der Waals surface area contributed by atoms with Crippen LogP contribution >= 0.6 is 11.3 Å². The van der Waals surface area contributed by atoms with E-state index in [2.05, 4.69) is 10.6 Å². The zero-order chi connectivity index (χ0) is 17.8. The first-order valence-electron chi connectivity index (χ1n) is 9.01. The summed E-state index contributed by atoms with van der Waals surface area (Å²) >= 11 is 1.46. The molecule has 1 heterocycles. The molecule has 6 nitrogen and oxygen atoms in total. The smallest absolute Gasteiger partial charge is 0.303 e. The summed E-state index contributed by atoms with van der Waals surface area (Å²) in [6.45, 7) is 0. The van der Waals surface area contributed by atoms with Gasteiger partial charge in [-0.3, -0.25) is 14.4 Å². The fourth-order valence-corrected chi connectivity index (χ4v) is 4.95. The number of carbonyl (C=O) groups is 3. The summed E-state index contributed by atoms with van der Waals surface area (Å²) in [4.78, 5) is 36.7. The fraction of sp³-hybridized carbons (Fsp3) is 0.611. The molecule has 1 fully saturated rings. The van der Waals surface area contributed by atoms with Crippen molar-refractivity contribution in [1.29, 1.82) is 0 Å². The number of anilines is 1. The van der Waals surface area contributed by atoms with E-state index in [9.17, 15) is 14.4 Å². The number of carbonyl (C=O) groups excluding carboxylic acids is 2. The van der Waals surface area contributed by atoms with Crippen LogP contribution in [-0.4, -0.2) is 28.9 Å². The van der Waals surface area contributed by atoms with Crippen LogP contribution in [-0.2, 0) is 22.4 Å². The Balaban J connectivity index is 1.73. The number of thiophene rings is 1. The molecule has 0 saturated heterocycles. The van der Waals surface area contributed by atoms with E-state index >= 15 is 0 Å². The van der Waals surface area contributed by atoms with Crippen LogP contribution in [0.1, 0.15) is 72.2 Å². The lowest BCUT2D eigenvalue weighted by atomic mass is 9.95. The molecule has 3 rings (SSSR count). The molecule has 1 aromatic heterocycles. The topological polar surface area (TPSA) is 95.5 Å². The zero-order valence-corrected chi connectivity index (χ0v) is 15.0. The summed E-state index contributed by atoms with van der Waals surface area (Å²) in [5, 5.41) is 15.2. The molecular formula is C18H24N2O4S. The van der Waals surface area contributed by atoms with Gasteiger partial charge in [0.1, 0.15) is 5.00 Å². The maximum Gasteiger partial charge on any atom is 0.303 e. The Morgan fingerprint density at radius 2 is 1.80 bits per heavy atom. The van der Waals surface area contributed by atoms with Crippen molar-refractivity contribution in [1.82, 2.24) is 5.32 Å². The van der Waals surface area contributed by atoms with E-state index in [-0.39, 0.29) is 30.7 Å². The number of carboxylic acids is 1. The lowest BCUT2D eigenvalue weighted by Gasteiger charge is -2.23. The highest BCUT2D eigenvalue weighted by Gasteiger charge is 2.28. The Bertz CT molecular complexity index is 677. The summed E-state index contributed by atoms with van der Waals surface area (Å²) < 4.78 is 0. The number of nitrogens with one attached hydrogen (secondary N) is 2. The molecule has 2 aliphatic carbocycles. The minimum Gasteiger partial charge on any atom is -0.481 e. The van der Waals surface area contributed by atoms with Crippen LogP contribution in [0.15, 0.2) is 0 Å². The highest BCUT2D eigenvalue weighted by Crippen LogP contribution is 2.39.